The molecule has 0 aliphatic rings. The molecule has 2 aromatic rings. The number of carbonyl (C=O) groups excluding carboxylic acids is 2. The van der Waals surface area contributed by atoms with Gasteiger partial charge in [0.15, 0.2) is 0 Å². The molecule has 0 aliphatic heterocycles. The molecule has 0 spiro atoms. The average molecular weight is 312 g/mol. The first kappa shape index (κ1) is 16.5. The molecular formula is C18H20N2O3. The van der Waals surface area contributed by atoms with E-state index < -0.39 is 5.97 Å². The Bertz CT molecular complexity index is 694. The number of anilines is 2. The van der Waals surface area contributed by atoms with Crippen molar-refractivity contribution in [1.82, 2.24) is 0 Å². The summed E-state index contributed by atoms with van der Waals surface area (Å²) in [5, 5.41) is 5.59. The van der Waals surface area contributed by atoms with Crippen LogP contribution >= 0.6 is 0 Å². The van der Waals surface area contributed by atoms with Crippen molar-refractivity contribution in [3.8, 4) is 0 Å². The fraction of sp³-hybridized carbons (Fsp3) is 0.222. The standard InChI is InChI=1S/C18H20N2O3/c1-12(2)15-6-4-5-7-16(15)20-18(22)19-14-10-8-13(9-11-14)17(21)23-3/h4-12H,1-3H3,(H2,19,20,22). The summed E-state index contributed by atoms with van der Waals surface area (Å²) in [6.45, 7) is 4.15. The fourth-order valence-electron chi connectivity index (χ4n) is 2.21. The maximum absolute atomic E-state index is 12.1. The summed E-state index contributed by atoms with van der Waals surface area (Å²) >= 11 is 0. The van der Waals surface area contributed by atoms with E-state index in [2.05, 4.69) is 29.2 Å². The van der Waals surface area contributed by atoms with Gasteiger partial charge in [-0.25, -0.2) is 9.59 Å². The van der Waals surface area contributed by atoms with Crippen molar-refractivity contribution in [3.63, 3.8) is 0 Å². The minimum Gasteiger partial charge on any atom is -0.465 e. The molecule has 2 N–H and O–H groups in total. The van der Waals surface area contributed by atoms with Gasteiger partial charge in [-0.05, 0) is 41.8 Å². The maximum Gasteiger partial charge on any atom is 0.337 e. The predicted molar refractivity (Wildman–Crippen MR) is 91.0 cm³/mol. The minimum absolute atomic E-state index is 0.311. The smallest absolute Gasteiger partial charge is 0.337 e. The van der Waals surface area contributed by atoms with Crippen molar-refractivity contribution in [2.24, 2.45) is 0 Å². The molecule has 0 aliphatic carbocycles. The number of carbonyl (C=O) groups is 2. The molecule has 5 heteroatoms. The van der Waals surface area contributed by atoms with Crippen LogP contribution in [0.5, 0.6) is 0 Å². The zero-order valence-electron chi connectivity index (χ0n) is 13.4. The summed E-state index contributed by atoms with van der Waals surface area (Å²) in [6, 6.07) is 13.9. The Hall–Kier alpha value is -2.82. The first-order valence-electron chi connectivity index (χ1n) is 7.36. The fourth-order valence-corrected chi connectivity index (χ4v) is 2.21. The molecular weight excluding hydrogens is 292 g/mol. The van der Waals surface area contributed by atoms with Crippen molar-refractivity contribution in [1.29, 1.82) is 0 Å². The number of hydrogen-bond donors (Lipinski definition) is 2. The quantitative estimate of drug-likeness (QED) is 0.830. The molecule has 0 atom stereocenters. The molecule has 0 heterocycles. The van der Waals surface area contributed by atoms with Crippen LogP contribution < -0.4 is 10.6 Å². The largest absolute Gasteiger partial charge is 0.465 e. The molecule has 0 bridgehead atoms. The van der Waals surface area contributed by atoms with Gasteiger partial charge in [0.05, 0.1) is 12.7 Å². The second-order valence-corrected chi connectivity index (χ2v) is 5.39. The number of hydrogen-bond acceptors (Lipinski definition) is 3. The number of amides is 2. The van der Waals surface area contributed by atoms with Gasteiger partial charge >= 0.3 is 12.0 Å². The highest BCUT2D eigenvalue weighted by Crippen LogP contribution is 2.23. The number of para-hydroxylation sites is 1. The van der Waals surface area contributed by atoms with Crippen molar-refractivity contribution in [2.45, 2.75) is 19.8 Å². The van der Waals surface area contributed by atoms with E-state index in [1.807, 2.05) is 24.3 Å². The Balaban J connectivity index is 2.04. The van der Waals surface area contributed by atoms with Crippen LogP contribution in [-0.4, -0.2) is 19.1 Å². The average Bonchev–Trinajstić information content (AvgIpc) is 2.55. The highest BCUT2D eigenvalue weighted by atomic mass is 16.5. The third-order valence-electron chi connectivity index (χ3n) is 3.39. The molecule has 0 radical (unpaired) electrons. The van der Waals surface area contributed by atoms with E-state index in [1.54, 1.807) is 24.3 Å². The topological polar surface area (TPSA) is 67.4 Å². The van der Waals surface area contributed by atoms with E-state index in [0.29, 0.717) is 17.2 Å². The molecule has 2 aromatic carbocycles. The Morgan fingerprint density at radius 3 is 2.22 bits per heavy atom. The van der Waals surface area contributed by atoms with Crippen molar-refractivity contribution in [3.05, 3.63) is 59.7 Å². The Morgan fingerprint density at radius 1 is 0.957 bits per heavy atom. The number of nitrogens with one attached hydrogen (secondary N) is 2. The van der Waals surface area contributed by atoms with Gasteiger partial charge in [0.25, 0.3) is 0 Å². The minimum atomic E-state index is -0.410. The van der Waals surface area contributed by atoms with Gasteiger partial charge in [0, 0.05) is 11.4 Å². The summed E-state index contributed by atoms with van der Waals surface area (Å²) in [4.78, 5) is 23.5. The van der Waals surface area contributed by atoms with E-state index in [4.69, 9.17) is 0 Å². The molecule has 0 unspecified atom stereocenters. The SMILES string of the molecule is COC(=O)c1ccc(NC(=O)Nc2ccccc2C(C)C)cc1. The summed E-state index contributed by atoms with van der Waals surface area (Å²) in [6.07, 6.45) is 0. The molecule has 0 aromatic heterocycles. The van der Waals surface area contributed by atoms with Gasteiger partial charge in [0.2, 0.25) is 0 Å². The predicted octanol–water partition coefficient (Wildman–Crippen LogP) is 4.24. The number of methoxy groups -OCH3 is 1. The van der Waals surface area contributed by atoms with Gasteiger partial charge in [-0.3, -0.25) is 0 Å². The van der Waals surface area contributed by atoms with Gasteiger partial charge in [-0.15, -0.1) is 0 Å². The second kappa shape index (κ2) is 7.45. The van der Waals surface area contributed by atoms with E-state index >= 15 is 0 Å². The third kappa shape index (κ3) is 4.32. The molecule has 2 amide bonds. The third-order valence-corrected chi connectivity index (χ3v) is 3.39. The van der Waals surface area contributed by atoms with Crippen LogP contribution in [0.1, 0.15) is 35.7 Å². The van der Waals surface area contributed by atoms with Crippen LogP contribution in [0.4, 0.5) is 16.2 Å². The van der Waals surface area contributed by atoms with Crippen LogP contribution in [-0.2, 0) is 4.74 Å². The molecule has 0 saturated heterocycles. The molecule has 0 fully saturated rings. The summed E-state index contributed by atoms with van der Waals surface area (Å²) in [5.74, 6) is -0.0993. The monoisotopic (exact) mass is 312 g/mol. The van der Waals surface area contributed by atoms with Gasteiger partial charge < -0.3 is 15.4 Å². The van der Waals surface area contributed by atoms with Crippen LogP contribution in [0.15, 0.2) is 48.5 Å². The normalized spacial score (nSPS) is 10.3. The maximum atomic E-state index is 12.1. The number of urea groups is 1. The van der Waals surface area contributed by atoms with Crippen LogP contribution in [0.2, 0.25) is 0 Å². The molecule has 2 rings (SSSR count). The van der Waals surface area contributed by atoms with E-state index in [-0.39, 0.29) is 6.03 Å². The molecule has 120 valence electrons. The van der Waals surface area contributed by atoms with Gasteiger partial charge in [-0.1, -0.05) is 32.0 Å². The number of benzene rings is 2. The Morgan fingerprint density at radius 2 is 1.61 bits per heavy atom. The summed E-state index contributed by atoms with van der Waals surface area (Å²) < 4.78 is 4.63. The van der Waals surface area contributed by atoms with Crippen molar-refractivity contribution >= 4 is 23.4 Å². The second-order valence-electron chi connectivity index (χ2n) is 5.39. The van der Waals surface area contributed by atoms with Gasteiger partial charge in [0.1, 0.15) is 0 Å². The lowest BCUT2D eigenvalue weighted by Gasteiger charge is -2.14. The zero-order chi connectivity index (χ0) is 16.8. The summed E-state index contributed by atoms with van der Waals surface area (Å²) in [7, 11) is 1.33. The van der Waals surface area contributed by atoms with E-state index in [9.17, 15) is 9.59 Å². The molecule has 23 heavy (non-hydrogen) atoms. The lowest BCUT2D eigenvalue weighted by atomic mass is 10.0. The van der Waals surface area contributed by atoms with Crippen molar-refractivity contribution in [2.75, 3.05) is 17.7 Å². The summed E-state index contributed by atoms with van der Waals surface area (Å²) in [5.41, 5.74) is 2.88. The molecule has 0 saturated carbocycles. The number of esters is 1. The first-order valence-corrected chi connectivity index (χ1v) is 7.36. The highest BCUT2D eigenvalue weighted by Gasteiger charge is 2.10. The Labute approximate surface area is 135 Å². The lowest BCUT2D eigenvalue weighted by molar-refractivity contribution is 0.0601. The highest BCUT2D eigenvalue weighted by molar-refractivity contribution is 6.00. The van der Waals surface area contributed by atoms with Crippen LogP contribution in [0.3, 0.4) is 0 Å². The zero-order valence-corrected chi connectivity index (χ0v) is 13.4. The van der Waals surface area contributed by atoms with E-state index in [0.717, 1.165) is 11.3 Å². The number of rotatable bonds is 4. The van der Waals surface area contributed by atoms with Crippen LogP contribution in [0, 0.1) is 0 Å². The lowest BCUT2D eigenvalue weighted by Crippen LogP contribution is -2.20. The number of ether oxygens (including phenoxy) is 1. The van der Waals surface area contributed by atoms with E-state index in [1.165, 1.54) is 7.11 Å². The van der Waals surface area contributed by atoms with Crippen molar-refractivity contribution < 1.29 is 14.3 Å². The molecule has 5 nitrogen and oxygen atoms in total. The van der Waals surface area contributed by atoms with Crippen LogP contribution in [0.25, 0.3) is 0 Å². The van der Waals surface area contributed by atoms with Gasteiger partial charge in [-0.2, -0.15) is 0 Å². The Kier molecular flexibility index (Phi) is 5.36. The first-order chi connectivity index (χ1) is 11.0.